The molecule has 0 aromatic heterocycles. The predicted octanol–water partition coefficient (Wildman–Crippen LogP) is 6.10. The lowest BCUT2D eigenvalue weighted by atomic mass is 10.0. The molecule has 1 aliphatic heterocycles. The summed E-state index contributed by atoms with van der Waals surface area (Å²) in [6.45, 7) is 7.89. The van der Waals surface area contributed by atoms with Gasteiger partial charge < -0.3 is 14.6 Å². The molecule has 0 radical (unpaired) electrons. The maximum Gasteiger partial charge on any atom is 0.220 e. The molecule has 152 valence electrons. The highest BCUT2D eigenvalue weighted by Crippen LogP contribution is 2.28. The van der Waals surface area contributed by atoms with E-state index in [1.54, 1.807) is 6.07 Å². The van der Waals surface area contributed by atoms with Crippen LogP contribution in [0.25, 0.3) is 0 Å². The summed E-state index contributed by atoms with van der Waals surface area (Å²) in [5.41, 5.74) is 0.653. The lowest BCUT2D eigenvalue weighted by Gasteiger charge is -2.11. The Morgan fingerprint density at radius 3 is 2.48 bits per heavy atom. The van der Waals surface area contributed by atoms with Crippen LogP contribution in [0, 0.1) is 5.92 Å². The van der Waals surface area contributed by atoms with Crippen molar-refractivity contribution in [2.75, 3.05) is 13.2 Å². The summed E-state index contributed by atoms with van der Waals surface area (Å²) < 4.78 is 11.5. The van der Waals surface area contributed by atoms with E-state index in [9.17, 15) is 5.11 Å². The molecule has 4 nitrogen and oxygen atoms in total. The number of nitrogens with zero attached hydrogens (tertiary/aromatic N) is 1. The molecule has 0 fully saturated rings. The van der Waals surface area contributed by atoms with Crippen molar-refractivity contribution in [1.82, 2.24) is 0 Å². The molecule has 0 aliphatic carbocycles. The Kier molecular flexibility index (Phi) is 9.51. The van der Waals surface area contributed by atoms with E-state index in [-0.39, 0.29) is 11.8 Å². The Hall–Kier alpha value is -1.71. The van der Waals surface area contributed by atoms with Crippen molar-refractivity contribution in [2.24, 2.45) is 10.9 Å². The van der Waals surface area contributed by atoms with Gasteiger partial charge in [-0.25, -0.2) is 4.99 Å². The molecule has 1 aromatic rings. The zero-order valence-corrected chi connectivity index (χ0v) is 17.4. The van der Waals surface area contributed by atoms with E-state index in [0.29, 0.717) is 36.3 Å². The lowest BCUT2D eigenvalue weighted by Crippen LogP contribution is -2.16. The molecule has 1 aliphatic rings. The van der Waals surface area contributed by atoms with Gasteiger partial charge in [-0.3, -0.25) is 0 Å². The quantitative estimate of drug-likeness (QED) is 0.424. The molecule has 2 atom stereocenters. The fourth-order valence-electron chi connectivity index (χ4n) is 3.31. The van der Waals surface area contributed by atoms with E-state index in [2.05, 4.69) is 25.8 Å². The summed E-state index contributed by atoms with van der Waals surface area (Å²) in [5.74, 6) is 1.91. The maximum absolute atomic E-state index is 10.3. The smallest absolute Gasteiger partial charge is 0.220 e. The highest BCUT2D eigenvalue weighted by molar-refractivity contribution is 5.97. The molecule has 1 aromatic carbocycles. The lowest BCUT2D eigenvalue weighted by molar-refractivity contribution is 0.281. The number of ether oxygens (including phenoxy) is 2. The van der Waals surface area contributed by atoms with E-state index in [0.717, 1.165) is 12.8 Å². The molecular formula is C23H37NO3. The van der Waals surface area contributed by atoms with Gasteiger partial charge in [0.25, 0.3) is 0 Å². The monoisotopic (exact) mass is 375 g/mol. The molecule has 0 bridgehead atoms. The van der Waals surface area contributed by atoms with Crippen molar-refractivity contribution >= 4 is 5.90 Å². The van der Waals surface area contributed by atoms with Gasteiger partial charge in [-0.05, 0) is 24.5 Å². The van der Waals surface area contributed by atoms with E-state index in [4.69, 9.17) is 9.47 Å². The molecule has 0 saturated carbocycles. The normalized spacial score (nSPS) is 17.4. The third-order valence-corrected chi connectivity index (χ3v) is 5.44. The number of hydrogen-bond acceptors (Lipinski definition) is 4. The summed E-state index contributed by atoms with van der Waals surface area (Å²) >= 11 is 0. The van der Waals surface area contributed by atoms with Crippen LogP contribution in [0.3, 0.4) is 0 Å². The van der Waals surface area contributed by atoms with Gasteiger partial charge in [0.2, 0.25) is 5.90 Å². The molecular weight excluding hydrogens is 338 g/mol. The Balaban J connectivity index is 1.72. The molecule has 1 heterocycles. The van der Waals surface area contributed by atoms with Gasteiger partial charge in [-0.1, -0.05) is 72.1 Å². The SMILES string of the molecule is CCCCCCCCCCOc1ccc(C2=N[C@@H](C(C)CC)CO2)c(O)c1. The number of phenolic OH excluding ortho intramolecular Hbond substituents is 1. The van der Waals surface area contributed by atoms with Crippen LogP contribution in [0.4, 0.5) is 0 Å². The van der Waals surface area contributed by atoms with Crippen LogP contribution in [0.15, 0.2) is 23.2 Å². The minimum atomic E-state index is 0.173. The van der Waals surface area contributed by atoms with E-state index in [1.165, 1.54) is 44.9 Å². The van der Waals surface area contributed by atoms with Crippen molar-refractivity contribution in [2.45, 2.75) is 84.6 Å². The molecule has 1 unspecified atom stereocenters. The minimum absolute atomic E-state index is 0.173. The van der Waals surface area contributed by atoms with Crippen LogP contribution in [-0.2, 0) is 4.74 Å². The largest absolute Gasteiger partial charge is 0.507 e. The van der Waals surface area contributed by atoms with E-state index < -0.39 is 0 Å². The highest BCUT2D eigenvalue weighted by atomic mass is 16.5. The zero-order valence-electron chi connectivity index (χ0n) is 17.4. The summed E-state index contributed by atoms with van der Waals surface area (Å²) in [5, 5.41) is 10.3. The summed E-state index contributed by atoms with van der Waals surface area (Å²) in [6.07, 6.45) is 11.3. The first-order valence-corrected chi connectivity index (χ1v) is 10.8. The first-order valence-electron chi connectivity index (χ1n) is 10.8. The number of aromatic hydroxyl groups is 1. The third kappa shape index (κ3) is 7.08. The van der Waals surface area contributed by atoms with Gasteiger partial charge in [0.1, 0.15) is 18.1 Å². The number of aliphatic imine (C=N–C) groups is 1. The van der Waals surface area contributed by atoms with Crippen molar-refractivity contribution < 1.29 is 14.6 Å². The standard InChI is InChI=1S/C23H37NO3/c1-4-6-7-8-9-10-11-12-15-26-19-13-14-20(22(25)16-19)23-24-21(17-27-23)18(3)5-2/h13-14,16,18,21,25H,4-12,15,17H2,1-3H3/t18?,21-/m1/s1. The van der Waals surface area contributed by atoms with Gasteiger partial charge in [-0.2, -0.15) is 0 Å². The number of unbranched alkanes of at least 4 members (excludes halogenated alkanes) is 7. The van der Waals surface area contributed by atoms with E-state index >= 15 is 0 Å². The summed E-state index contributed by atoms with van der Waals surface area (Å²) in [7, 11) is 0. The van der Waals surface area contributed by atoms with Crippen molar-refractivity contribution in [3.8, 4) is 11.5 Å². The van der Waals surface area contributed by atoms with Crippen LogP contribution in [0.1, 0.15) is 84.1 Å². The average molecular weight is 376 g/mol. The van der Waals surface area contributed by atoms with Crippen LogP contribution < -0.4 is 4.74 Å². The van der Waals surface area contributed by atoms with Crippen LogP contribution in [0.2, 0.25) is 0 Å². The van der Waals surface area contributed by atoms with Crippen molar-refractivity contribution in [3.63, 3.8) is 0 Å². The number of benzene rings is 1. The predicted molar refractivity (Wildman–Crippen MR) is 112 cm³/mol. The Morgan fingerprint density at radius 1 is 1.11 bits per heavy atom. The molecule has 0 saturated heterocycles. The third-order valence-electron chi connectivity index (χ3n) is 5.44. The van der Waals surface area contributed by atoms with Crippen LogP contribution >= 0.6 is 0 Å². The molecule has 2 rings (SSSR count). The van der Waals surface area contributed by atoms with Crippen LogP contribution in [-0.4, -0.2) is 30.3 Å². The minimum Gasteiger partial charge on any atom is -0.507 e. The average Bonchev–Trinajstić information content (AvgIpc) is 3.16. The number of hydrogen-bond donors (Lipinski definition) is 1. The molecule has 1 N–H and O–H groups in total. The fourth-order valence-corrected chi connectivity index (χ4v) is 3.31. The summed E-state index contributed by atoms with van der Waals surface area (Å²) in [4.78, 5) is 4.64. The second-order valence-electron chi connectivity index (χ2n) is 7.70. The van der Waals surface area contributed by atoms with E-state index in [1.807, 2.05) is 12.1 Å². The Morgan fingerprint density at radius 2 is 1.81 bits per heavy atom. The molecule has 27 heavy (non-hydrogen) atoms. The number of rotatable bonds is 13. The topological polar surface area (TPSA) is 51.0 Å². The van der Waals surface area contributed by atoms with Crippen molar-refractivity contribution in [3.05, 3.63) is 23.8 Å². The fraction of sp³-hybridized carbons (Fsp3) is 0.696. The van der Waals surface area contributed by atoms with Gasteiger partial charge in [0.15, 0.2) is 0 Å². The molecule has 0 amide bonds. The number of phenols is 1. The Labute approximate surface area is 165 Å². The summed E-state index contributed by atoms with van der Waals surface area (Å²) in [6, 6.07) is 5.59. The Bertz CT molecular complexity index is 585. The second kappa shape index (κ2) is 11.9. The van der Waals surface area contributed by atoms with Gasteiger partial charge >= 0.3 is 0 Å². The first kappa shape index (κ1) is 21.6. The van der Waals surface area contributed by atoms with Crippen LogP contribution in [0.5, 0.6) is 11.5 Å². The molecule has 0 spiro atoms. The first-order chi connectivity index (χ1) is 13.2. The second-order valence-corrected chi connectivity index (χ2v) is 7.70. The molecule has 4 heteroatoms. The van der Waals surface area contributed by atoms with Gasteiger partial charge in [-0.15, -0.1) is 0 Å². The maximum atomic E-state index is 10.3. The highest BCUT2D eigenvalue weighted by Gasteiger charge is 2.25. The van der Waals surface area contributed by atoms with Crippen molar-refractivity contribution in [1.29, 1.82) is 0 Å². The zero-order chi connectivity index (χ0) is 19.5. The van der Waals surface area contributed by atoms with Gasteiger partial charge in [0, 0.05) is 6.07 Å². The van der Waals surface area contributed by atoms with Gasteiger partial charge in [0.05, 0.1) is 18.2 Å².